The molecule has 8 aromatic rings. The fraction of sp³-hybridized carbons (Fsp3) is 0.0769. The van der Waals surface area contributed by atoms with Gasteiger partial charge in [-0.2, -0.15) is 0 Å². The lowest BCUT2D eigenvalue weighted by molar-refractivity contribution is 0.436. The van der Waals surface area contributed by atoms with E-state index in [9.17, 15) is 0 Å². The smallest absolute Gasteiger partial charge is 0.132 e. The second-order valence-electron chi connectivity index (χ2n) is 15.3. The van der Waals surface area contributed by atoms with Gasteiger partial charge in [0.15, 0.2) is 0 Å². The molecule has 0 bridgehead atoms. The van der Waals surface area contributed by atoms with Gasteiger partial charge in [-0.25, -0.2) is 0 Å². The fourth-order valence-electron chi connectivity index (χ4n) is 9.72. The predicted molar refractivity (Wildman–Crippen MR) is 222 cm³/mol. The molecule has 1 heterocycles. The first-order chi connectivity index (χ1) is 26.5. The van der Waals surface area contributed by atoms with Crippen LogP contribution < -0.4 is 9.64 Å². The Kier molecular flexibility index (Phi) is 6.55. The highest BCUT2D eigenvalue weighted by molar-refractivity contribution is 5.92. The van der Waals surface area contributed by atoms with Crippen LogP contribution in [0.25, 0.3) is 33.4 Å². The van der Waals surface area contributed by atoms with E-state index in [1.807, 2.05) is 0 Å². The zero-order valence-electron chi connectivity index (χ0n) is 30.3. The van der Waals surface area contributed by atoms with Crippen molar-refractivity contribution in [3.05, 3.63) is 221 Å². The minimum Gasteiger partial charge on any atom is -0.457 e. The lowest BCUT2D eigenvalue weighted by Gasteiger charge is -2.39. The number of fused-ring (bicyclic) bond motifs is 12. The van der Waals surface area contributed by atoms with Gasteiger partial charge in [0.25, 0.3) is 0 Å². The van der Waals surface area contributed by atoms with E-state index in [1.165, 1.54) is 66.8 Å². The second kappa shape index (κ2) is 11.4. The molecule has 2 heteroatoms. The van der Waals surface area contributed by atoms with Gasteiger partial charge in [-0.3, -0.25) is 0 Å². The van der Waals surface area contributed by atoms with E-state index in [4.69, 9.17) is 4.74 Å². The Morgan fingerprint density at radius 3 is 1.52 bits per heavy atom. The third-order valence-electron chi connectivity index (χ3n) is 12.1. The summed E-state index contributed by atoms with van der Waals surface area (Å²) in [5.41, 5.74) is 17.8. The van der Waals surface area contributed by atoms with Gasteiger partial charge < -0.3 is 9.64 Å². The molecule has 2 aliphatic carbocycles. The zero-order chi connectivity index (χ0) is 36.0. The van der Waals surface area contributed by atoms with E-state index in [-0.39, 0.29) is 5.41 Å². The number of benzene rings is 8. The molecule has 0 fully saturated rings. The molecule has 0 atom stereocenters. The maximum atomic E-state index is 6.64. The molecule has 0 saturated heterocycles. The minimum atomic E-state index is -0.549. The number of para-hydroxylation sites is 2. The summed E-state index contributed by atoms with van der Waals surface area (Å²) >= 11 is 0. The maximum absolute atomic E-state index is 6.64. The summed E-state index contributed by atoms with van der Waals surface area (Å²) in [6.45, 7) is 4.72. The Hall–Kier alpha value is -6.64. The summed E-state index contributed by atoms with van der Waals surface area (Å²) in [5.74, 6) is 1.80. The quantitative estimate of drug-likeness (QED) is 0.182. The van der Waals surface area contributed by atoms with E-state index in [2.05, 4.69) is 207 Å². The Bertz CT molecular complexity index is 2750. The van der Waals surface area contributed by atoms with E-state index in [0.29, 0.717) is 0 Å². The Morgan fingerprint density at radius 2 is 0.833 bits per heavy atom. The van der Waals surface area contributed by atoms with Crippen LogP contribution in [0.1, 0.15) is 47.2 Å². The number of ether oxygens (including phenoxy) is 1. The fourth-order valence-corrected chi connectivity index (χ4v) is 9.72. The SMILES string of the molecule is CC1(C)c2ccccc2-c2ccc(N(c3cccc(-c4ccccc4)c3)c3ccc4c(c3)C3(c5ccccc5Oc5ccccc53)c3ccccc3-4)cc21. The standard InChI is InChI=1S/C52H37NO/c1-51(2)43-21-8-6-19-39(43)41-29-27-37(32-47(41)51)53(36-18-14-17-35(31-36)34-15-4-3-5-16-34)38-28-30-42-40-20-7-9-22-44(40)52(48(42)33-38)45-23-10-12-25-49(45)54-50-26-13-11-24-46(50)52/h3-33H,1-2H3. The van der Waals surface area contributed by atoms with Crippen LogP contribution in [-0.4, -0.2) is 0 Å². The van der Waals surface area contributed by atoms with Crippen LogP contribution in [0, 0.1) is 0 Å². The molecule has 0 N–H and O–H groups in total. The van der Waals surface area contributed by atoms with Crippen LogP contribution in [0.2, 0.25) is 0 Å². The molecule has 54 heavy (non-hydrogen) atoms. The Morgan fingerprint density at radius 1 is 0.352 bits per heavy atom. The minimum absolute atomic E-state index is 0.126. The van der Waals surface area contributed by atoms with Crippen LogP contribution >= 0.6 is 0 Å². The molecule has 0 unspecified atom stereocenters. The van der Waals surface area contributed by atoms with Crippen molar-refractivity contribution in [2.24, 2.45) is 0 Å². The van der Waals surface area contributed by atoms with Crippen molar-refractivity contribution in [1.29, 1.82) is 0 Å². The first kappa shape index (κ1) is 30.9. The van der Waals surface area contributed by atoms with Crippen LogP contribution in [0.15, 0.2) is 188 Å². The molecule has 3 aliphatic rings. The highest BCUT2D eigenvalue weighted by Crippen LogP contribution is 2.63. The Balaban J connectivity index is 1.18. The van der Waals surface area contributed by atoms with Crippen LogP contribution in [0.3, 0.4) is 0 Å². The molecule has 256 valence electrons. The molecule has 2 nitrogen and oxygen atoms in total. The second-order valence-corrected chi connectivity index (χ2v) is 15.3. The maximum Gasteiger partial charge on any atom is 0.132 e. The largest absolute Gasteiger partial charge is 0.457 e. The summed E-state index contributed by atoms with van der Waals surface area (Å²) in [6, 6.07) is 68.9. The van der Waals surface area contributed by atoms with Crippen molar-refractivity contribution in [3.8, 4) is 44.9 Å². The molecule has 8 aromatic carbocycles. The average molecular weight is 692 g/mol. The van der Waals surface area contributed by atoms with Crippen LogP contribution in [-0.2, 0) is 10.8 Å². The summed E-state index contributed by atoms with van der Waals surface area (Å²) in [5, 5.41) is 0. The van der Waals surface area contributed by atoms with Gasteiger partial charge in [-0.05, 0) is 104 Å². The van der Waals surface area contributed by atoms with Gasteiger partial charge >= 0.3 is 0 Å². The lowest BCUT2D eigenvalue weighted by atomic mass is 9.66. The number of nitrogens with zero attached hydrogens (tertiary/aromatic N) is 1. The van der Waals surface area contributed by atoms with E-state index >= 15 is 0 Å². The van der Waals surface area contributed by atoms with Gasteiger partial charge in [-0.15, -0.1) is 0 Å². The van der Waals surface area contributed by atoms with Crippen molar-refractivity contribution in [2.75, 3.05) is 4.90 Å². The monoisotopic (exact) mass is 691 g/mol. The molecule has 11 rings (SSSR count). The average Bonchev–Trinajstić information content (AvgIpc) is 3.64. The number of rotatable bonds is 4. The summed E-state index contributed by atoms with van der Waals surface area (Å²) in [4.78, 5) is 2.46. The highest BCUT2D eigenvalue weighted by atomic mass is 16.5. The number of hydrogen-bond donors (Lipinski definition) is 0. The molecule has 0 saturated carbocycles. The van der Waals surface area contributed by atoms with E-state index < -0.39 is 5.41 Å². The predicted octanol–water partition coefficient (Wildman–Crippen LogP) is 13.6. The third-order valence-corrected chi connectivity index (χ3v) is 12.1. The summed E-state index contributed by atoms with van der Waals surface area (Å²) < 4.78 is 6.64. The third kappa shape index (κ3) is 4.22. The molecule has 1 spiro atoms. The van der Waals surface area contributed by atoms with Crippen molar-refractivity contribution in [2.45, 2.75) is 24.7 Å². The Labute approximate surface area is 316 Å². The summed E-state index contributed by atoms with van der Waals surface area (Å²) in [6.07, 6.45) is 0. The van der Waals surface area contributed by atoms with E-state index in [1.54, 1.807) is 0 Å². The van der Waals surface area contributed by atoms with Gasteiger partial charge in [0.1, 0.15) is 11.5 Å². The van der Waals surface area contributed by atoms with Crippen molar-refractivity contribution in [1.82, 2.24) is 0 Å². The summed E-state index contributed by atoms with van der Waals surface area (Å²) in [7, 11) is 0. The van der Waals surface area contributed by atoms with Crippen LogP contribution in [0.4, 0.5) is 17.1 Å². The first-order valence-electron chi connectivity index (χ1n) is 18.8. The topological polar surface area (TPSA) is 12.5 Å². The van der Waals surface area contributed by atoms with E-state index in [0.717, 1.165) is 28.6 Å². The number of anilines is 3. The molecular formula is C52H37NO. The number of hydrogen-bond acceptors (Lipinski definition) is 2. The highest BCUT2D eigenvalue weighted by Gasteiger charge is 2.51. The molecule has 0 aromatic heterocycles. The van der Waals surface area contributed by atoms with Gasteiger partial charge in [0.05, 0.1) is 5.41 Å². The lowest BCUT2D eigenvalue weighted by Crippen LogP contribution is -2.32. The van der Waals surface area contributed by atoms with Gasteiger partial charge in [0.2, 0.25) is 0 Å². The van der Waals surface area contributed by atoms with Crippen molar-refractivity contribution < 1.29 is 4.74 Å². The normalized spacial score (nSPS) is 14.6. The van der Waals surface area contributed by atoms with Crippen LogP contribution in [0.5, 0.6) is 11.5 Å². The molecule has 1 aliphatic heterocycles. The van der Waals surface area contributed by atoms with Crippen molar-refractivity contribution >= 4 is 17.1 Å². The zero-order valence-corrected chi connectivity index (χ0v) is 30.3. The molecule has 0 amide bonds. The van der Waals surface area contributed by atoms with Crippen molar-refractivity contribution in [3.63, 3.8) is 0 Å². The molecular weight excluding hydrogens is 655 g/mol. The molecule has 0 radical (unpaired) electrons. The first-order valence-corrected chi connectivity index (χ1v) is 18.8. The van der Waals surface area contributed by atoms with Gasteiger partial charge in [0, 0.05) is 33.6 Å². The van der Waals surface area contributed by atoms with Gasteiger partial charge in [-0.1, -0.05) is 153 Å².